The van der Waals surface area contributed by atoms with Crippen LogP contribution in [-0.4, -0.2) is 43.0 Å². The summed E-state index contributed by atoms with van der Waals surface area (Å²) in [6, 6.07) is 7.50. The number of hydrogen-bond donors (Lipinski definition) is 1. The molecule has 1 aromatic rings. The van der Waals surface area contributed by atoms with Gasteiger partial charge in [0.2, 0.25) is 11.8 Å². The van der Waals surface area contributed by atoms with Crippen molar-refractivity contribution in [2.45, 2.75) is 32.6 Å². The van der Waals surface area contributed by atoms with E-state index in [0.29, 0.717) is 50.6 Å². The van der Waals surface area contributed by atoms with Gasteiger partial charge in [0.25, 0.3) is 0 Å². The SMILES string of the molecule is CCOc1ccccc1OCCCC(=O)N1CCCC(C(N)=O)C1. The Morgan fingerprint density at radius 1 is 1.25 bits per heavy atom. The maximum atomic E-state index is 12.2. The Morgan fingerprint density at radius 2 is 1.96 bits per heavy atom. The number of ether oxygens (including phenoxy) is 2. The highest BCUT2D eigenvalue weighted by Gasteiger charge is 2.26. The van der Waals surface area contributed by atoms with Gasteiger partial charge in [0.15, 0.2) is 11.5 Å². The molecule has 1 aliphatic heterocycles. The number of hydrogen-bond acceptors (Lipinski definition) is 4. The Kier molecular flexibility index (Phi) is 6.90. The van der Waals surface area contributed by atoms with Crippen molar-refractivity contribution in [3.63, 3.8) is 0 Å². The Labute approximate surface area is 142 Å². The number of likely N-dealkylation sites (tertiary alicyclic amines) is 1. The molecule has 1 heterocycles. The number of rotatable bonds is 8. The molecule has 0 bridgehead atoms. The predicted molar refractivity (Wildman–Crippen MR) is 90.8 cm³/mol. The van der Waals surface area contributed by atoms with Gasteiger partial charge in [-0.2, -0.15) is 0 Å². The van der Waals surface area contributed by atoms with Gasteiger partial charge in [0.1, 0.15) is 0 Å². The first-order valence-corrected chi connectivity index (χ1v) is 8.53. The van der Waals surface area contributed by atoms with Gasteiger partial charge < -0.3 is 20.1 Å². The largest absolute Gasteiger partial charge is 0.490 e. The molecule has 0 aliphatic carbocycles. The summed E-state index contributed by atoms with van der Waals surface area (Å²) in [4.78, 5) is 25.3. The minimum atomic E-state index is -0.316. The van der Waals surface area contributed by atoms with Crippen molar-refractivity contribution in [2.75, 3.05) is 26.3 Å². The third-order valence-electron chi connectivity index (χ3n) is 4.12. The van der Waals surface area contributed by atoms with Gasteiger partial charge in [-0.05, 0) is 38.3 Å². The summed E-state index contributed by atoms with van der Waals surface area (Å²) in [6.45, 7) is 4.10. The second kappa shape index (κ2) is 9.15. The van der Waals surface area contributed by atoms with Crippen molar-refractivity contribution >= 4 is 11.8 Å². The van der Waals surface area contributed by atoms with Crippen molar-refractivity contribution < 1.29 is 19.1 Å². The molecular weight excluding hydrogens is 308 g/mol. The molecule has 132 valence electrons. The number of nitrogens with zero attached hydrogens (tertiary/aromatic N) is 1. The summed E-state index contributed by atoms with van der Waals surface area (Å²) in [5.41, 5.74) is 5.35. The molecule has 1 fully saturated rings. The molecule has 2 amide bonds. The second-order valence-corrected chi connectivity index (χ2v) is 5.91. The Balaban J connectivity index is 1.74. The van der Waals surface area contributed by atoms with E-state index in [0.717, 1.165) is 12.8 Å². The molecule has 6 heteroatoms. The quantitative estimate of drug-likeness (QED) is 0.737. The van der Waals surface area contributed by atoms with Crippen LogP contribution in [0.4, 0.5) is 0 Å². The molecule has 1 atom stereocenters. The van der Waals surface area contributed by atoms with Crippen LogP contribution in [0.15, 0.2) is 24.3 Å². The highest BCUT2D eigenvalue weighted by Crippen LogP contribution is 2.26. The molecule has 0 saturated carbocycles. The first kappa shape index (κ1) is 18.1. The lowest BCUT2D eigenvalue weighted by Gasteiger charge is -2.31. The zero-order chi connectivity index (χ0) is 17.4. The zero-order valence-corrected chi connectivity index (χ0v) is 14.2. The minimum absolute atomic E-state index is 0.0580. The third-order valence-corrected chi connectivity index (χ3v) is 4.12. The molecule has 0 spiro atoms. The molecule has 1 unspecified atom stereocenters. The van der Waals surface area contributed by atoms with Gasteiger partial charge >= 0.3 is 0 Å². The van der Waals surface area contributed by atoms with Gasteiger partial charge in [-0.15, -0.1) is 0 Å². The van der Waals surface area contributed by atoms with Crippen LogP contribution in [0.5, 0.6) is 11.5 Å². The third kappa shape index (κ3) is 5.15. The lowest BCUT2D eigenvalue weighted by molar-refractivity contribution is -0.135. The van der Waals surface area contributed by atoms with E-state index in [-0.39, 0.29) is 17.7 Å². The number of amides is 2. The number of carbonyl (C=O) groups is 2. The minimum Gasteiger partial charge on any atom is -0.490 e. The van der Waals surface area contributed by atoms with Gasteiger partial charge in [-0.3, -0.25) is 9.59 Å². The van der Waals surface area contributed by atoms with E-state index in [1.807, 2.05) is 31.2 Å². The van der Waals surface area contributed by atoms with Crippen molar-refractivity contribution in [1.82, 2.24) is 4.90 Å². The molecule has 1 aromatic carbocycles. The van der Waals surface area contributed by atoms with Gasteiger partial charge in [0.05, 0.1) is 19.1 Å². The van der Waals surface area contributed by atoms with Crippen LogP contribution in [0.2, 0.25) is 0 Å². The summed E-state index contributed by atoms with van der Waals surface area (Å²) in [5.74, 6) is 0.938. The van der Waals surface area contributed by atoms with Crippen molar-refractivity contribution in [2.24, 2.45) is 11.7 Å². The van der Waals surface area contributed by atoms with Crippen LogP contribution in [0.25, 0.3) is 0 Å². The van der Waals surface area contributed by atoms with Crippen LogP contribution in [0.3, 0.4) is 0 Å². The number of carbonyl (C=O) groups excluding carboxylic acids is 2. The fraction of sp³-hybridized carbons (Fsp3) is 0.556. The Hall–Kier alpha value is -2.24. The molecule has 0 radical (unpaired) electrons. The van der Waals surface area contributed by atoms with E-state index >= 15 is 0 Å². The van der Waals surface area contributed by atoms with Crippen molar-refractivity contribution in [3.05, 3.63) is 24.3 Å². The topological polar surface area (TPSA) is 81.9 Å². The van der Waals surface area contributed by atoms with Gasteiger partial charge in [-0.25, -0.2) is 0 Å². The van der Waals surface area contributed by atoms with E-state index in [2.05, 4.69) is 0 Å². The van der Waals surface area contributed by atoms with Crippen LogP contribution >= 0.6 is 0 Å². The fourth-order valence-electron chi connectivity index (χ4n) is 2.84. The zero-order valence-electron chi connectivity index (χ0n) is 14.2. The van der Waals surface area contributed by atoms with E-state index in [4.69, 9.17) is 15.2 Å². The summed E-state index contributed by atoms with van der Waals surface area (Å²) in [6.07, 6.45) is 2.63. The molecule has 24 heavy (non-hydrogen) atoms. The molecule has 1 aliphatic rings. The van der Waals surface area contributed by atoms with Crippen LogP contribution < -0.4 is 15.2 Å². The van der Waals surface area contributed by atoms with E-state index in [9.17, 15) is 9.59 Å². The summed E-state index contributed by atoms with van der Waals surface area (Å²) in [7, 11) is 0. The van der Waals surface area contributed by atoms with Gasteiger partial charge in [-0.1, -0.05) is 12.1 Å². The van der Waals surface area contributed by atoms with E-state index in [1.54, 1.807) is 4.90 Å². The van der Waals surface area contributed by atoms with Crippen molar-refractivity contribution in [1.29, 1.82) is 0 Å². The molecule has 0 aromatic heterocycles. The summed E-state index contributed by atoms with van der Waals surface area (Å²) < 4.78 is 11.2. The first-order chi connectivity index (χ1) is 11.6. The first-order valence-electron chi connectivity index (χ1n) is 8.53. The maximum absolute atomic E-state index is 12.2. The number of primary amides is 1. The Bertz CT molecular complexity index is 562. The lowest BCUT2D eigenvalue weighted by Crippen LogP contribution is -2.44. The smallest absolute Gasteiger partial charge is 0.222 e. The average Bonchev–Trinajstić information content (AvgIpc) is 2.60. The second-order valence-electron chi connectivity index (χ2n) is 5.91. The fourth-order valence-corrected chi connectivity index (χ4v) is 2.84. The molecule has 2 rings (SSSR count). The predicted octanol–water partition coefficient (Wildman–Crippen LogP) is 1.97. The maximum Gasteiger partial charge on any atom is 0.222 e. The number of nitrogens with two attached hydrogens (primary N) is 1. The average molecular weight is 334 g/mol. The highest BCUT2D eigenvalue weighted by molar-refractivity contribution is 5.80. The molecular formula is C18H26N2O4. The van der Waals surface area contributed by atoms with E-state index < -0.39 is 0 Å². The molecule has 1 saturated heterocycles. The monoisotopic (exact) mass is 334 g/mol. The molecule has 2 N–H and O–H groups in total. The van der Waals surface area contributed by atoms with Crippen LogP contribution in [-0.2, 0) is 9.59 Å². The van der Waals surface area contributed by atoms with Crippen LogP contribution in [0, 0.1) is 5.92 Å². The lowest BCUT2D eigenvalue weighted by atomic mass is 9.97. The highest BCUT2D eigenvalue weighted by atomic mass is 16.5. The Morgan fingerprint density at radius 3 is 2.62 bits per heavy atom. The number of piperidine rings is 1. The van der Waals surface area contributed by atoms with Crippen molar-refractivity contribution in [3.8, 4) is 11.5 Å². The van der Waals surface area contributed by atoms with E-state index in [1.165, 1.54) is 0 Å². The number of benzene rings is 1. The van der Waals surface area contributed by atoms with Crippen LogP contribution in [0.1, 0.15) is 32.6 Å². The summed E-state index contributed by atoms with van der Waals surface area (Å²) >= 11 is 0. The van der Waals surface area contributed by atoms with Gasteiger partial charge in [0, 0.05) is 19.5 Å². The summed E-state index contributed by atoms with van der Waals surface area (Å²) in [5, 5.41) is 0. The normalized spacial score (nSPS) is 17.4. The standard InChI is InChI=1S/C18H26N2O4/c1-2-23-15-8-3-4-9-16(15)24-12-6-10-17(21)20-11-5-7-14(13-20)18(19)22/h3-4,8-9,14H,2,5-7,10-13H2,1H3,(H2,19,22). The number of para-hydroxylation sites is 2. The molecule has 6 nitrogen and oxygen atoms in total.